The van der Waals surface area contributed by atoms with E-state index in [1.54, 1.807) is 4.68 Å². The molecule has 2 aromatic heterocycles. The molecule has 2 aromatic rings. The fourth-order valence-corrected chi connectivity index (χ4v) is 2.83. The zero-order valence-corrected chi connectivity index (χ0v) is 12.0. The molecular formula is C13H18N6O2. The minimum atomic E-state index is -0.430. The van der Waals surface area contributed by atoms with Crippen molar-refractivity contribution in [1.29, 1.82) is 0 Å². The van der Waals surface area contributed by atoms with Crippen molar-refractivity contribution in [1.82, 2.24) is 24.5 Å². The summed E-state index contributed by atoms with van der Waals surface area (Å²) in [6.07, 6.45) is 7.91. The lowest BCUT2D eigenvalue weighted by molar-refractivity contribution is -0.385. The van der Waals surface area contributed by atoms with Gasteiger partial charge in [-0.2, -0.15) is 5.10 Å². The lowest BCUT2D eigenvalue weighted by Gasteiger charge is -2.16. The normalized spacial score (nSPS) is 16.2. The summed E-state index contributed by atoms with van der Waals surface area (Å²) in [7, 11) is 0. The van der Waals surface area contributed by atoms with Gasteiger partial charge in [-0.3, -0.25) is 14.8 Å². The van der Waals surface area contributed by atoms with Crippen LogP contribution in [0.1, 0.15) is 50.3 Å². The summed E-state index contributed by atoms with van der Waals surface area (Å²) in [5.74, 6) is 1.87. The molecule has 1 aliphatic heterocycles. The number of nitro groups is 1. The minimum absolute atomic E-state index is 0.00375. The molecule has 0 fully saturated rings. The van der Waals surface area contributed by atoms with Gasteiger partial charge in [0.2, 0.25) is 0 Å². The summed E-state index contributed by atoms with van der Waals surface area (Å²) >= 11 is 0. The van der Waals surface area contributed by atoms with E-state index in [4.69, 9.17) is 0 Å². The van der Waals surface area contributed by atoms with Crippen LogP contribution in [0.5, 0.6) is 0 Å². The Morgan fingerprint density at radius 3 is 2.95 bits per heavy atom. The third-order valence-electron chi connectivity index (χ3n) is 3.94. The van der Waals surface area contributed by atoms with Crippen LogP contribution < -0.4 is 0 Å². The Kier molecular flexibility index (Phi) is 3.68. The lowest BCUT2D eigenvalue weighted by Crippen LogP contribution is -2.17. The molecule has 21 heavy (non-hydrogen) atoms. The van der Waals surface area contributed by atoms with Gasteiger partial charge in [0, 0.05) is 13.0 Å². The number of aromatic nitrogens is 5. The SMILES string of the molecule is CCC(c1nnc2n1CCCCC2)n1cc([N+](=O)[O-])cn1. The van der Waals surface area contributed by atoms with Gasteiger partial charge in [0.05, 0.1) is 4.92 Å². The fourth-order valence-electron chi connectivity index (χ4n) is 2.83. The molecule has 3 rings (SSSR count). The van der Waals surface area contributed by atoms with Crippen molar-refractivity contribution < 1.29 is 4.92 Å². The average molecular weight is 290 g/mol. The van der Waals surface area contributed by atoms with Gasteiger partial charge in [-0.25, -0.2) is 0 Å². The summed E-state index contributed by atoms with van der Waals surface area (Å²) in [5, 5.41) is 23.6. The zero-order valence-electron chi connectivity index (χ0n) is 12.0. The van der Waals surface area contributed by atoms with E-state index in [0.717, 1.165) is 43.9 Å². The first-order chi connectivity index (χ1) is 10.2. The molecule has 1 unspecified atom stereocenters. The highest BCUT2D eigenvalue weighted by atomic mass is 16.6. The van der Waals surface area contributed by atoms with Gasteiger partial charge < -0.3 is 4.57 Å². The summed E-state index contributed by atoms with van der Waals surface area (Å²) in [4.78, 5) is 10.4. The van der Waals surface area contributed by atoms with Gasteiger partial charge in [0.1, 0.15) is 24.3 Å². The Bertz CT molecular complexity index is 647. The molecule has 0 saturated heterocycles. The Balaban J connectivity index is 1.96. The van der Waals surface area contributed by atoms with Crippen molar-refractivity contribution in [3.05, 3.63) is 34.2 Å². The van der Waals surface area contributed by atoms with Gasteiger partial charge in [0.15, 0.2) is 5.82 Å². The zero-order chi connectivity index (χ0) is 14.8. The monoisotopic (exact) mass is 290 g/mol. The molecular weight excluding hydrogens is 272 g/mol. The van der Waals surface area contributed by atoms with Crippen molar-refractivity contribution in [2.75, 3.05) is 0 Å². The number of hydrogen-bond acceptors (Lipinski definition) is 5. The Morgan fingerprint density at radius 2 is 2.24 bits per heavy atom. The van der Waals surface area contributed by atoms with Crippen LogP contribution in [-0.2, 0) is 13.0 Å². The second-order valence-corrected chi connectivity index (χ2v) is 5.30. The molecule has 8 nitrogen and oxygen atoms in total. The van der Waals surface area contributed by atoms with Crippen molar-refractivity contribution >= 4 is 5.69 Å². The highest BCUT2D eigenvalue weighted by Gasteiger charge is 2.24. The highest BCUT2D eigenvalue weighted by molar-refractivity contribution is 5.22. The first-order valence-electron chi connectivity index (χ1n) is 7.31. The van der Waals surface area contributed by atoms with Crippen molar-refractivity contribution in [2.24, 2.45) is 0 Å². The quantitative estimate of drug-likeness (QED) is 0.635. The maximum Gasteiger partial charge on any atom is 0.307 e. The molecule has 1 aliphatic rings. The molecule has 0 N–H and O–H groups in total. The van der Waals surface area contributed by atoms with Crippen LogP contribution in [0, 0.1) is 10.1 Å². The van der Waals surface area contributed by atoms with Gasteiger partial charge in [-0.15, -0.1) is 10.2 Å². The summed E-state index contributed by atoms with van der Waals surface area (Å²) in [6, 6.07) is -0.113. The van der Waals surface area contributed by atoms with E-state index in [1.165, 1.54) is 18.8 Å². The van der Waals surface area contributed by atoms with E-state index in [2.05, 4.69) is 19.9 Å². The van der Waals surface area contributed by atoms with E-state index in [-0.39, 0.29) is 11.7 Å². The Labute approximate surface area is 121 Å². The first kappa shape index (κ1) is 13.7. The van der Waals surface area contributed by atoms with Gasteiger partial charge in [0.25, 0.3) is 0 Å². The van der Waals surface area contributed by atoms with E-state index in [9.17, 15) is 10.1 Å². The molecule has 0 aromatic carbocycles. The molecule has 0 bridgehead atoms. The van der Waals surface area contributed by atoms with Crippen LogP contribution in [-0.4, -0.2) is 29.5 Å². The predicted octanol–water partition coefficient (Wildman–Crippen LogP) is 2.11. The molecule has 0 saturated carbocycles. The van der Waals surface area contributed by atoms with Crippen LogP contribution in [0.3, 0.4) is 0 Å². The molecule has 8 heteroatoms. The summed E-state index contributed by atoms with van der Waals surface area (Å²) in [6.45, 7) is 2.94. The van der Waals surface area contributed by atoms with Crippen LogP contribution in [0.4, 0.5) is 5.69 Å². The molecule has 3 heterocycles. The van der Waals surface area contributed by atoms with Crippen LogP contribution in [0.25, 0.3) is 0 Å². The number of nitrogens with zero attached hydrogens (tertiary/aromatic N) is 6. The van der Waals surface area contributed by atoms with Crippen LogP contribution in [0.15, 0.2) is 12.4 Å². The standard InChI is InChI=1S/C13H18N6O2/c1-2-11(18-9-10(8-14-18)19(20)21)13-16-15-12-6-4-3-5-7-17(12)13/h8-9,11H,2-7H2,1H3. The van der Waals surface area contributed by atoms with Gasteiger partial charge in [-0.1, -0.05) is 13.3 Å². The fraction of sp³-hybridized carbons (Fsp3) is 0.615. The van der Waals surface area contributed by atoms with Crippen molar-refractivity contribution in [2.45, 2.75) is 51.6 Å². The molecule has 0 amide bonds. The molecule has 1 atom stereocenters. The molecule has 0 aliphatic carbocycles. The van der Waals surface area contributed by atoms with E-state index < -0.39 is 4.92 Å². The minimum Gasteiger partial charge on any atom is -0.313 e. The maximum atomic E-state index is 10.8. The smallest absolute Gasteiger partial charge is 0.307 e. The second-order valence-electron chi connectivity index (χ2n) is 5.30. The van der Waals surface area contributed by atoms with Crippen molar-refractivity contribution in [3.8, 4) is 0 Å². The largest absolute Gasteiger partial charge is 0.313 e. The van der Waals surface area contributed by atoms with Gasteiger partial charge >= 0.3 is 5.69 Å². The maximum absolute atomic E-state index is 10.8. The second kappa shape index (κ2) is 5.63. The topological polar surface area (TPSA) is 91.7 Å². The molecule has 0 spiro atoms. The Morgan fingerprint density at radius 1 is 1.38 bits per heavy atom. The third-order valence-corrected chi connectivity index (χ3v) is 3.94. The van der Waals surface area contributed by atoms with E-state index in [1.807, 2.05) is 6.92 Å². The van der Waals surface area contributed by atoms with E-state index in [0.29, 0.717) is 0 Å². The number of rotatable bonds is 4. The average Bonchev–Trinajstić information content (AvgIpc) is 3.03. The van der Waals surface area contributed by atoms with Crippen LogP contribution >= 0.6 is 0 Å². The van der Waals surface area contributed by atoms with E-state index >= 15 is 0 Å². The molecule has 112 valence electrons. The number of hydrogen-bond donors (Lipinski definition) is 0. The first-order valence-corrected chi connectivity index (χ1v) is 7.31. The number of aryl methyl sites for hydroxylation is 1. The molecule has 0 radical (unpaired) electrons. The third kappa shape index (κ3) is 2.53. The number of fused-ring (bicyclic) bond motifs is 1. The summed E-state index contributed by atoms with van der Waals surface area (Å²) < 4.78 is 3.79. The predicted molar refractivity (Wildman–Crippen MR) is 74.9 cm³/mol. The Hall–Kier alpha value is -2.25. The van der Waals surface area contributed by atoms with Crippen LogP contribution in [0.2, 0.25) is 0 Å². The lowest BCUT2D eigenvalue weighted by atomic mass is 10.2. The van der Waals surface area contributed by atoms with Crippen molar-refractivity contribution in [3.63, 3.8) is 0 Å². The van der Waals surface area contributed by atoms with Gasteiger partial charge in [-0.05, 0) is 19.3 Å². The highest BCUT2D eigenvalue weighted by Crippen LogP contribution is 2.25. The summed E-state index contributed by atoms with van der Waals surface area (Å²) in [5.41, 5.74) is 0.00375.